The number of carbonyl (C=O) groups is 2. The molecule has 1 saturated heterocycles. The van der Waals surface area contributed by atoms with Gasteiger partial charge in [-0.1, -0.05) is 122 Å². The monoisotopic (exact) mass is 741 g/mol. The van der Waals surface area contributed by atoms with Gasteiger partial charge in [0.2, 0.25) is 11.9 Å². The van der Waals surface area contributed by atoms with Crippen LogP contribution in [0.15, 0.2) is 114 Å². The molecule has 7 rings (SSSR count). The molecule has 0 spiro atoms. The second-order valence-corrected chi connectivity index (χ2v) is 14.3. The van der Waals surface area contributed by atoms with E-state index in [9.17, 15) is 19.5 Å². The lowest BCUT2D eigenvalue weighted by molar-refractivity contribution is -0.118. The molecule has 0 saturated carbocycles. The number of aliphatic hydroxyl groups excluding tert-OH is 1. The third-order valence-corrected chi connectivity index (χ3v) is 9.88. The van der Waals surface area contributed by atoms with Crippen LogP contribution in [0.25, 0.3) is 11.2 Å². The van der Waals surface area contributed by atoms with Gasteiger partial charge in [-0.05, 0) is 49.6 Å². The third-order valence-electron chi connectivity index (χ3n) is 9.88. The molecule has 4 aromatic carbocycles. The average Bonchev–Trinajstić information content (AvgIpc) is 3.74. The summed E-state index contributed by atoms with van der Waals surface area (Å²) in [5, 5.41) is 14.6. The van der Waals surface area contributed by atoms with Crippen molar-refractivity contribution in [2.75, 3.05) is 11.9 Å². The van der Waals surface area contributed by atoms with Crippen molar-refractivity contribution >= 4 is 29.0 Å². The fraction of sp³-hybridized carbons (Fsp3) is 0.279. The Morgan fingerprint density at radius 3 is 1.95 bits per heavy atom. The molecule has 2 aromatic heterocycles. The van der Waals surface area contributed by atoms with E-state index < -0.39 is 41.7 Å². The number of carbonyl (C=O) groups excluding carboxylic acids is 2. The van der Waals surface area contributed by atoms with Gasteiger partial charge in [-0.25, -0.2) is 9.78 Å². The van der Waals surface area contributed by atoms with Crippen LogP contribution < -0.4 is 10.9 Å². The van der Waals surface area contributed by atoms with E-state index in [1.54, 1.807) is 44.2 Å². The van der Waals surface area contributed by atoms with E-state index in [0.717, 1.165) is 33.4 Å². The Morgan fingerprint density at radius 2 is 1.42 bits per heavy atom. The van der Waals surface area contributed by atoms with Gasteiger partial charge in [-0.15, -0.1) is 0 Å². The number of aliphatic hydroxyl groups is 1. The highest BCUT2D eigenvalue weighted by atomic mass is 16.6. The molecule has 12 heteroatoms. The molecule has 1 aliphatic heterocycles. The van der Waals surface area contributed by atoms with E-state index in [-0.39, 0.29) is 41.1 Å². The van der Waals surface area contributed by atoms with Crippen LogP contribution in [-0.2, 0) is 24.6 Å². The van der Waals surface area contributed by atoms with Gasteiger partial charge in [0.05, 0.1) is 18.5 Å². The molecule has 6 aromatic rings. The molecule has 0 bridgehead atoms. The quantitative estimate of drug-likeness (QED) is 0.105. The van der Waals surface area contributed by atoms with Gasteiger partial charge in [0.15, 0.2) is 23.5 Å². The Hall–Kier alpha value is -5.95. The maximum Gasteiger partial charge on any atom is 0.338 e. The van der Waals surface area contributed by atoms with Crippen molar-refractivity contribution < 1.29 is 28.9 Å². The van der Waals surface area contributed by atoms with Gasteiger partial charge in [-0.3, -0.25) is 24.5 Å². The Labute approximate surface area is 318 Å². The summed E-state index contributed by atoms with van der Waals surface area (Å²) in [6.45, 7) is 9.34. The minimum absolute atomic E-state index is 0.0365. The van der Waals surface area contributed by atoms with Crippen molar-refractivity contribution in [3.05, 3.63) is 159 Å². The third kappa shape index (κ3) is 7.44. The Morgan fingerprint density at radius 1 is 0.873 bits per heavy atom. The largest absolute Gasteiger partial charge is 0.451 e. The number of nitrogens with one attached hydrogen (secondary N) is 2. The smallest absolute Gasteiger partial charge is 0.338 e. The molecule has 1 amide bonds. The van der Waals surface area contributed by atoms with E-state index in [0.29, 0.717) is 0 Å². The normalized spacial score (nSPS) is 18.5. The Kier molecular flexibility index (Phi) is 10.5. The zero-order chi connectivity index (χ0) is 38.9. The Balaban J connectivity index is 1.30. The van der Waals surface area contributed by atoms with Crippen LogP contribution in [0.1, 0.15) is 63.8 Å². The second-order valence-electron chi connectivity index (χ2n) is 14.3. The summed E-state index contributed by atoms with van der Waals surface area (Å²) in [4.78, 5) is 50.5. The molecular weight excluding hydrogens is 699 g/mol. The molecule has 4 unspecified atom stereocenters. The fourth-order valence-electron chi connectivity index (χ4n) is 6.73. The van der Waals surface area contributed by atoms with Crippen LogP contribution in [0.3, 0.4) is 0 Å². The van der Waals surface area contributed by atoms with Gasteiger partial charge in [-0.2, -0.15) is 4.98 Å². The summed E-state index contributed by atoms with van der Waals surface area (Å²) >= 11 is 0. The van der Waals surface area contributed by atoms with Crippen LogP contribution in [0.5, 0.6) is 0 Å². The van der Waals surface area contributed by atoms with Crippen molar-refractivity contribution in [2.45, 2.75) is 64.8 Å². The molecule has 1 fully saturated rings. The molecule has 55 heavy (non-hydrogen) atoms. The zero-order valence-electron chi connectivity index (χ0n) is 31.2. The number of aromatic amines is 1. The lowest BCUT2D eigenvalue weighted by atomic mass is 9.79. The number of nitrogens with zero attached hydrogens (tertiary/aromatic N) is 3. The minimum Gasteiger partial charge on any atom is -0.451 e. The summed E-state index contributed by atoms with van der Waals surface area (Å²) in [5.41, 5.74) is 4.37. The van der Waals surface area contributed by atoms with Crippen molar-refractivity contribution in [1.82, 2.24) is 19.5 Å². The molecule has 282 valence electrons. The zero-order valence-corrected chi connectivity index (χ0v) is 31.2. The first kappa shape index (κ1) is 37.4. The number of H-pyrrole nitrogens is 1. The fourth-order valence-corrected chi connectivity index (χ4v) is 6.73. The van der Waals surface area contributed by atoms with Crippen LogP contribution in [-0.4, -0.2) is 61.4 Å². The maximum absolute atomic E-state index is 13.5. The predicted molar refractivity (Wildman–Crippen MR) is 207 cm³/mol. The molecular formula is C43H43N5O7. The van der Waals surface area contributed by atoms with E-state index >= 15 is 0 Å². The van der Waals surface area contributed by atoms with Gasteiger partial charge in [0.25, 0.3) is 5.56 Å². The molecule has 3 heterocycles. The first-order valence-electron chi connectivity index (χ1n) is 18.2. The van der Waals surface area contributed by atoms with Gasteiger partial charge >= 0.3 is 5.97 Å². The number of hydrogen-bond acceptors (Lipinski definition) is 9. The van der Waals surface area contributed by atoms with Crippen LogP contribution in [0.4, 0.5) is 5.95 Å². The average molecular weight is 742 g/mol. The summed E-state index contributed by atoms with van der Waals surface area (Å²) in [6, 6.07) is 32.8. The number of amides is 1. The van der Waals surface area contributed by atoms with E-state index in [4.69, 9.17) is 14.2 Å². The maximum atomic E-state index is 13.5. The number of benzene rings is 4. The highest BCUT2D eigenvalue weighted by molar-refractivity contribution is 5.91. The first-order valence-corrected chi connectivity index (χ1v) is 18.2. The number of hydrogen-bond donors (Lipinski definition) is 3. The van der Waals surface area contributed by atoms with Crippen LogP contribution in [0, 0.1) is 26.7 Å². The number of ether oxygens (including phenoxy) is 3. The van der Waals surface area contributed by atoms with Crippen molar-refractivity contribution in [2.24, 2.45) is 5.92 Å². The lowest BCUT2D eigenvalue weighted by Crippen LogP contribution is -2.40. The van der Waals surface area contributed by atoms with Crippen molar-refractivity contribution in [1.29, 1.82) is 0 Å². The number of anilines is 1. The minimum atomic E-state index is -1.40. The highest BCUT2D eigenvalue weighted by Gasteiger charge is 2.50. The molecule has 0 radical (unpaired) electrons. The topological polar surface area (TPSA) is 158 Å². The SMILES string of the molecule is Cc1ccc(C(OCC2OC(n3cnc4c(=O)[nH]c(NC(=O)C(C)C)nc43)C(OC(=O)c3ccccc3)C2O)(c2ccc(C)cc2)c2ccc(C)cc2)cc1. The number of rotatable bonds is 11. The standard InChI is InChI=1S/C43H43N5O7/c1-25(2)38(50)46-42-45-37-34(39(51)47-42)44-24-48(37)40-36(55-41(52)29-9-7-6-8-10-29)35(49)33(54-40)23-53-43(30-17-11-26(3)12-18-30,31-19-13-27(4)14-20-31)32-21-15-28(5)16-22-32/h6-22,24-25,33,35-36,40,49H,23H2,1-5H3,(H2,45,46,47,50,51). The molecule has 1 aliphatic rings. The predicted octanol–water partition coefficient (Wildman–Crippen LogP) is 6.13. The molecule has 0 aliphatic carbocycles. The summed E-state index contributed by atoms with van der Waals surface area (Å²) in [7, 11) is 0. The Bertz CT molecular complexity index is 2240. The van der Waals surface area contributed by atoms with Crippen LogP contribution >= 0.6 is 0 Å². The number of fused-ring (bicyclic) bond motifs is 1. The summed E-state index contributed by atoms with van der Waals surface area (Å²) in [5.74, 6) is -1.51. The van der Waals surface area contributed by atoms with Gasteiger partial charge in [0.1, 0.15) is 17.8 Å². The van der Waals surface area contributed by atoms with Crippen LogP contribution in [0.2, 0.25) is 0 Å². The molecule has 12 nitrogen and oxygen atoms in total. The lowest BCUT2D eigenvalue weighted by Gasteiger charge is -2.37. The number of aromatic nitrogens is 4. The summed E-state index contributed by atoms with van der Waals surface area (Å²) < 4.78 is 21.1. The highest BCUT2D eigenvalue weighted by Crippen LogP contribution is 2.43. The first-order chi connectivity index (χ1) is 26.4. The molecule has 3 N–H and O–H groups in total. The van der Waals surface area contributed by atoms with Gasteiger partial charge < -0.3 is 19.3 Å². The van der Waals surface area contributed by atoms with Crippen molar-refractivity contribution in [3.8, 4) is 0 Å². The molecule has 4 atom stereocenters. The number of esters is 1. The van der Waals surface area contributed by atoms with E-state index in [1.165, 1.54) is 10.9 Å². The summed E-state index contributed by atoms with van der Waals surface area (Å²) in [6.07, 6.45) is -3.60. The van der Waals surface area contributed by atoms with E-state index in [2.05, 4.69) is 20.3 Å². The van der Waals surface area contributed by atoms with Gasteiger partial charge in [0, 0.05) is 5.92 Å². The number of aryl methyl sites for hydroxylation is 3. The van der Waals surface area contributed by atoms with E-state index in [1.807, 2.05) is 93.6 Å². The second kappa shape index (κ2) is 15.4. The number of imidazole rings is 1. The van der Waals surface area contributed by atoms with Crippen molar-refractivity contribution in [3.63, 3.8) is 0 Å².